The van der Waals surface area contributed by atoms with Crippen LogP contribution in [0.4, 0.5) is 0 Å². The molecule has 0 radical (unpaired) electrons. The Balaban J connectivity index is 1.92. The van der Waals surface area contributed by atoms with Crippen molar-refractivity contribution in [2.45, 2.75) is 25.8 Å². The first-order valence-electron chi connectivity index (χ1n) is 4.52. The third-order valence-electron chi connectivity index (χ3n) is 2.34. The van der Waals surface area contributed by atoms with Crippen molar-refractivity contribution in [3.8, 4) is 5.75 Å². The summed E-state index contributed by atoms with van der Waals surface area (Å²) in [7, 11) is 0. The first-order chi connectivity index (χ1) is 5.84. The molecular weight excluding hydrogens is 150 g/mol. The number of nitrogens with zero attached hydrogens (tertiary/aromatic N) is 1. The van der Waals surface area contributed by atoms with Gasteiger partial charge in [-0.3, -0.25) is 0 Å². The summed E-state index contributed by atoms with van der Waals surface area (Å²) in [6.07, 6.45) is 7.84. The average molecular weight is 164 g/mol. The lowest BCUT2D eigenvalue weighted by atomic mass is 10.3. The Morgan fingerprint density at radius 2 is 2.33 bits per heavy atom. The van der Waals surface area contributed by atoms with E-state index in [0.29, 0.717) is 5.75 Å². The fraction of sp³-hybridized carbons (Fsp3) is 0.500. The summed E-state index contributed by atoms with van der Waals surface area (Å²) in [5.74, 6) is 1.31. The molecule has 1 aliphatic rings. The fourth-order valence-electron chi connectivity index (χ4n) is 1.39. The molecule has 0 unspecified atom stereocenters. The lowest BCUT2D eigenvalue weighted by molar-refractivity contribution is -0.698. The van der Waals surface area contributed by atoms with Crippen LogP contribution in [0.2, 0.25) is 0 Å². The molecule has 12 heavy (non-hydrogen) atoms. The zero-order valence-electron chi connectivity index (χ0n) is 7.11. The van der Waals surface area contributed by atoms with Crippen molar-refractivity contribution in [1.82, 2.24) is 0 Å². The van der Waals surface area contributed by atoms with Crippen LogP contribution in [0.15, 0.2) is 24.5 Å². The molecular formula is C10H14NO+. The largest absolute Gasteiger partial charge is 0.503 e. The molecule has 1 heterocycles. The van der Waals surface area contributed by atoms with Crippen LogP contribution >= 0.6 is 0 Å². The first-order valence-corrected chi connectivity index (χ1v) is 4.52. The van der Waals surface area contributed by atoms with Crippen molar-refractivity contribution in [2.75, 3.05) is 0 Å². The molecule has 0 saturated heterocycles. The topological polar surface area (TPSA) is 24.1 Å². The fourth-order valence-corrected chi connectivity index (χ4v) is 1.39. The summed E-state index contributed by atoms with van der Waals surface area (Å²) < 4.78 is 2.05. The Kier molecular flexibility index (Phi) is 1.98. The Morgan fingerprint density at radius 3 is 3.00 bits per heavy atom. The van der Waals surface area contributed by atoms with Gasteiger partial charge in [-0.05, 0) is 24.8 Å². The Hall–Kier alpha value is -1.05. The number of rotatable bonds is 3. The smallest absolute Gasteiger partial charge is 0.210 e. The third-order valence-corrected chi connectivity index (χ3v) is 2.34. The molecule has 0 amide bonds. The van der Waals surface area contributed by atoms with Crippen molar-refractivity contribution in [1.29, 1.82) is 0 Å². The maximum absolute atomic E-state index is 9.17. The van der Waals surface area contributed by atoms with Gasteiger partial charge in [0.05, 0.1) is 0 Å². The van der Waals surface area contributed by atoms with Gasteiger partial charge in [-0.2, -0.15) is 0 Å². The van der Waals surface area contributed by atoms with Crippen LogP contribution in [0.3, 0.4) is 0 Å². The second-order valence-electron chi connectivity index (χ2n) is 3.53. The Morgan fingerprint density at radius 1 is 1.50 bits per heavy atom. The SMILES string of the molecule is Oc1ccc[n+](CCC2CC2)c1. The molecule has 0 aliphatic heterocycles. The van der Waals surface area contributed by atoms with E-state index in [2.05, 4.69) is 0 Å². The molecule has 1 aromatic rings. The van der Waals surface area contributed by atoms with E-state index in [4.69, 9.17) is 0 Å². The summed E-state index contributed by atoms with van der Waals surface area (Å²) in [5, 5.41) is 9.17. The minimum atomic E-state index is 0.355. The lowest BCUT2D eigenvalue weighted by Gasteiger charge is -1.95. The Labute approximate surface area is 72.5 Å². The average Bonchev–Trinajstić information content (AvgIpc) is 2.84. The number of hydrogen-bond acceptors (Lipinski definition) is 1. The van der Waals surface area contributed by atoms with E-state index in [1.165, 1.54) is 19.3 Å². The molecule has 0 bridgehead atoms. The maximum Gasteiger partial charge on any atom is 0.210 e. The predicted octanol–water partition coefficient (Wildman–Crippen LogP) is 1.48. The highest BCUT2D eigenvalue weighted by atomic mass is 16.3. The van der Waals surface area contributed by atoms with Gasteiger partial charge < -0.3 is 5.11 Å². The van der Waals surface area contributed by atoms with Gasteiger partial charge in [0.25, 0.3) is 0 Å². The molecule has 1 aromatic heterocycles. The highest BCUT2D eigenvalue weighted by Crippen LogP contribution is 2.32. The van der Waals surface area contributed by atoms with Crippen LogP contribution in [0.5, 0.6) is 5.75 Å². The molecule has 0 spiro atoms. The van der Waals surface area contributed by atoms with E-state index in [9.17, 15) is 5.11 Å². The molecule has 0 aromatic carbocycles. The Bertz CT molecular complexity index is 268. The highest BCUT2D eigenvalue weighted by molar-refractivity contribution is 5.09. The molecule has 1 aliphatic carbocycles. The number of pyridine rings is 1. The molecule has 1 saturated carbocycles. The van der Waals surface area contributed by atoms with Crippen molar-refractivity contribution in [3.05, 3.63) is 24.5 Å². The number of aryl methyl sites for hydroxylation is 1. The van der Waals surface area contributed by atoms with Crippen LogP contribution < -0.4 is 4.57 Å². The predicted molar refractivity (Wildman–Crippen MR) is 45.6 cm³/mol. The van der Waals surface area contributed by atoms with Crippen LogP contribution in [-0.4, -0.2) is 5.11 Å². The number of hydrogen-bond donors (Lipinski definition) is 1. The molecule has 2 nitrogen and oxygen atoms in total. The van der Waals surface area contributed by atoms with E-state index < -0.39 is 0 Å². The molecule has 2 rings (SSSR count). The van der Waals surface area contributed by atoms with Gasteiger partial charge in [0.15, 0.2) is 11.9 Å². The second kappa shape index (κ2) is 3.13. The maximum atomic E-state index is 9.17. The first kappa shape index (κ1) is 7.59. The standard InChI is InChI=1S/C10H13NO/c12-10-2-1-6-11(8-10)7-5-9-3-4-9/h1-2,6,8-9H,3-5,7H2/p+1. The van der Waals surface area contributed by atoms with E-state index in [1.54, 1.807) is 12.3 Å². The van der Waals surface area contributed by atoms with Crippen molar-refractivity contribution >= 4 is 0 Å². The molecule has 0 atom stereocenters. The summed E-state index contributed by atoms with van der Waals surface area (Å²) >= 11 is 0. The summed E-state index contributed by atoms with van der Waals surface area (Å²) in [6.45, 7) is 1.04. The summed E-state index contributed by atoms with van der Waals surface area (Å²) in [6, 6.07) is 3.58. The van der Waals surface area contributed by atoms with Crippen molar-refractivity contribution < 1.29 is 9.67 Å². The minimum absolute atomic E-state index is 0.355. The van der Waals surface area contributed by atoms with Gasteiger partial charge in [0.1, 0.15) is 6.54 Å². The zero-order valence-corrected chi connectivity index (χ0v) is 7.11. The van der Waals surface area contributed by atoms with E-state index in [0.717, 1.165) is 12.5 Å². The van der Waals surface area contributed by atoms with Gasteiger partial charge in [-0.25, -0.2) is 4.57 Å². The zero-order chi connectivity index (χ0) is 8.39. The second-order valence-corrected chi connectivity index (χ2v) is 3.53. The van der Waals surface area contributed by atoms with Crippen LogP contribution in [0.1, 0.15) is 19.3 Å². The van der Waals surface area contributed by atoms with Crippen LogP contribution in [-0.2, 0) is 6.54 Å². The van der Waals surface area contributed by atoms with Gasteiger partial charge >= 0.3 is 0 Å². The van der Waals surface area contributed by atoms with Gasteiger partial charge in [0.2, 0.25) is 6.20 Å². The summed E-state index contributed by atoms with van der Waals surface area (Å²) in [4.78, 5) is 0. The quantitative estimate of drug-likeness (QED) is 0.672. The van der Waals surface area contributed by atoms with Crippen LogP contribution in [0.25, 0.3) is 0 Å². The van der Waals surface area contributed by atoms with Gasteiger partial charge in [-0.1, -0.05) is 0 Å². The third kappa shape index (κ3) is 1.97. The van der Waals surface area contributed by atoms with Gasteiger partial charge in [0, 0.05) is 12.5 Å². The molecule has 1 N–H and O–H groups in total. The van der Waals surface area contributed by atoms with E-state index >= 15 is 0 Å². The van der Waals surface area contributed by atoms with Crippen molar-refractivity contribution in [2.24, 2.45) is 5.92 Å². The van der Waals surface area contributed by atoms with Crippen molar-refractivity contribution in [3.63, 3.8) is 0 Å². The normalized spacial score (nSPS) is 16.3. The number of aromatic hydroxyl groups is 1. The lowest BCUT2D eigenvalue weighted by Crippen LogP contribution is -2.32. The molecule has 2 heteroatoms. The van der Waals surface area contributed by atoms with Gasteiger partial charge in [-0.15, -0.1) is 0 Å². The van der Waals surface area contributed by atoms with E-state index in [1.807, 2.05) is 16.8 Å². The number of aromatic nitrogens is 1. The molecule has 64 valence electrons. The van der Waals surface area contributed by atoms with E-state index in [-0.39, 0.29) is 0 Å². The minimum Gasteiger partial charge on any atom is -0.503 e. The molecule has 1 fully saturated rings. The summed E-state index contributed by atoms with van der Waals surface area (Å²) in [5.41, 5.74) is 0. The highest BCUT2D eigenvalue weighted by Gasteiger charge is 2.22. The monoisotopic (exact) mass is 164 g/mol. The van der Waals surface area contributed by atoms with Crippen LogP contribution in [0, 0.1) is 5.92 Å².